The van der Waals surface area contributed by atoms with E-state index >= 15 is 0 Å². The number of nitrogens with zero attached hydrogens (tertiary/aromatic N) is 4. The fraction of sp³-hybridized carbons (Fsp3) is 0.368. The van der Waals surface area contributed by atoms with Gasteiger partial charge in [0.05, 0.1) is 16.9 Å². The molecule has 4 aromatic heterocycles. The van der Waals surface area contributed by atoms with Crippen LogP contribution in [0.15, 0.2) is 32.5 Å². The molecule has 7 nitrogen and oxygen atoms in total. The van der Waals surface area contributed by atoms with Crippen molar-refractivity contribution in [1.29, 1.82) is 0 Å². The zero-order chi connectivity index (χ0) is 19.3. The van der Waals surface area contributed by atoms with Gasteiger partial charge in [-0.15, -0.1) is 11.3 Å². The quantitative estimate of drug-likeness (QED) is 0.372. The van der Waals surface area contributed by atoms with Crippen molar-refractivity contribution in [3.63, 3.8) is 0 Å². The predicted octanol–water partition coefficient (Wildman–Crippen LogP) is 4.89. The Morgan fingerprint density at radius 1 is 1.32 bits per heavy atom. The van der Waals surface area contributed by atoms with Crippen molar-refractivity contribution < 1.29 is 8.94 Å². The lowest BCUT2D eigenvalue weighted by molar-refractivity contribution is 0.379. The molecule has 0 fully saturated rings. The molecular formula is C19H19N5O2S2. The average molecular weight is 414 g/mol. The Hall–Kier alpha value is -2.39. The number of rotatable bonds is 4. The Morgan fingerprint density at radius 2 is 2.21 bits per heavy atom. The average Bonchev–Trinajstić information content (AvgIpc) is 3.39. The number of hydrogen-bond acceptors (Lipinski definition) is 9. The largest absolute Gasteiger partial charge is 0.461 e. The molecule has 1 aliphatic carbocycles. The van der Waals surface area contributed by atoms with E-state index in [-0.39, 0.29) is 5.25 Å². The number of nitrogen functional groups attached to an aromatic ring is 1. The highest BCUT2D eigenvalue weighted by Gasteiger charge is 2.24. The van der Waals surface area contributed by atoms with E-state index in [1.165, 1.54) is 28.6 Å². The minimum Gasteiger partial charge on any atom is -0.461 e. The number of fused-ring (bicyclic) bond motifs is 3. The molecule has 144 valence electrons. The van der Waals surface area contributed by atoms with Crippen LogP contribution in [0.5, 0.6) is 0 Å². The Labute approximate surface area is 169 Å². The maximum Gasteiger partial charge on any atom is 0.240 e. The number of aryl methyl sites for hydroxylation is 1. The summed E-state index contributed by atoms with van der Waals surface area (Å²) in [7, 11) is 0. The molecule has 0 radical (unpaired) electrons. The number of furan rings is 1. The first-order valence-corrected chi connectivity index (χ1v) is 10.9. The summed E-state index contributed by atoms with van der Waals surface area (Å²) >= 11 is 3.21. The van der Waals surface area contributed by atoms with Crippen LogP contribution in [0.1, 0.15) is 41.8 Å². The fourth-order valence-electron chi connectivity index (χ4n) is 3.52. The molecule has 0 aromatic carbocycles. The van der Waals surface area contributed by atoms with Crippen LogP contribution in [0, 0.1) is 5.92 Å². The van der Waals surface area contributed by atoms with Gasteiger partial charge in [-0.1, -0.05) is 23.8 Å². The minimum atomic E-state index is -0.109. The number of hydrogen-bond donors (Lipinski definition) is 1. The first-order valence-electron chi connectivity index (χ1n) is 9.20. The third-order valence-electron chi connectivity index (χ3n) is 4.98. The SMILES string of the molecule is C[C@@H]1CCc2c(sc3nc(S[C@H](C)c4nc(-c5ccco5)no4)nc(N)c23)C1. The van der Waals surface area contributed by atoms with Crippen molar-refractivity contribution in [3.8, 4) is 11.6 Å². The van der Waals surface area contributed by atoms with E-state index in [1.807, 2.05) is 6.92 Å². The van der Waals surface area contributed by atoms with Crippen LogP contribution in [-0.4, -0.2) is 20.1 Å². The lowest BCUT2D eigenvalue weighted by Crippen LogP contribution is -2.09. The van der Waals surface area contributed by atoms with Gasteiger partial charge in [-0.2, -0.15) is 4.98 Å². The Balaban J connectivity index is 1.42. The van der Waals surface area contributed by atoms with Gasteiger partial charge in [-0.3, -0.25) is 0 Å². The molecule has 2 atom stereocenters. The van der Waals surface area contributed by atoms with Crippen LogP contribution >= 0.6 is 23.1 Å². The van der Waals surface area contributed by atoms with Gasteiger partial charge in [-0.05, 0) is 49.8 Å². The number of aromatic nitrogens is 4. The number of thiophene rings is 1. The first kappa shape index (κ1) is 17.7. The van der Waals surface area contributed by atoms with E-state index in [2.05, 4.69) is 22.0 Å². The topological polar surface area (TPSA) is 104 Å². The van der Waals surface area contributed by atoms with E-state index in [4.69, 9.17) is 19.7 Å². The van der Waals surface area contributed by atoms with Crippen LogP contribution in [0.3, 0.4) is 0 Å². The molecule has 0 saturated carbocycles. The van der Waals surface area contributed by atoms with Gasteiger partial charge in [0, 0.05) is 4.88 Å². The van der Waals surface area contributed by atoms with E-state index in [0.717, 1.165) is 23.1 Å². The van der Waals surface area contributed by atoms with E-state index in [1.54, 1.807) is 29.7 Å². The Bertz CT molecular complexity index is 1140. The first-order chi connectivity index (χ1) is 13.6. The van der Waals surface area contributed by atoms with Gasteiger partial charge in [0.2, 0.25) is 11.7 Å². The molecule has 4 heterocycles. The molecule has 0 spiro atoms. The third-order valence-corrected chi connectivity index (χ3v) is 7.07. The third kappa shape index (κ3) is 3.08. The van der Waals surface area contributed by atoms with E-state index < -0.39 is 0 Å². The van der Waals surface area contributed by atoms with Crippen molar-refractivity contribution in [1.82, 2.24) is 20.1 Å². The van der Waals surface area contributed by atoms with Crippen LogP contribution in [0.2, 0.25) is 0 Å². The van der Waals surface area contributed by atoms with Crippen molar-refractivity contribution in [3.05, 3.63) is 34.7 Å². The number of thioether (sulfide) groups is 1. The molecule has 4 aromatic rings. The Morgan fingerprint density at radius 3 is 3.04 bits per heavy atom. The lowest BCUT2D eigenvalue weighted by Gasteiger charge is -2.17. The van der Waals surface area contributed by atoms with Crippen LogP contribution < -0.4 is 5.73 Å². The molecule has 0 bridgehead atoms. The number of nitrogens with two attached hydrogens (primary N) is 1. The van der Waals surface area contributed by atoms with Crippen LogP contribution in [-0.2, 0) is 12.8 Å². The van der Waals surface area contributed by atoms with Crippen molar-refractivity contribution >= 4 is 39.1 Å². The molecule has 0 amide bonds. The molecule has 2 N–H and O–H groups in total. The molecule has 5 rings (SSSR count). The predicted molar refractivity (Wildman–Crippen MR) is 109 cm³/mol. The second kappa shape index (κ2) is 6.89. The summed E-state index contributed by atoms with van der Waals surface area (Å²) in [4.78, 5) is 16.1. The molecule has 1 aliphatic rings. The summed E-state index contributed by atoms with van der Waals surface area (Å²) in [5, 5.41) is 5.54. The molecule has 0 aliphatic heterocycles. The van der Waals surface area contributed by atoms with Gasteiger partial charge in [0.25, 0.3) is 0 Å². The van der Waals surface area contributed by atoms with Gasteiger partial charge in [0.15, 0.2) is 10.9 Å². The second-order valence-corrected chi connectivity index (χ2v) is 9.51. The van der Waals surface area contributed by atoms with Crippen LogP contribution in [0.25, 0.3) is 21.8 Å². The zero-order valence-corrected chi connectivity index (χ0v) is 17.1. The van der Waals surface area contributed by atoms with Crippen molar-refractivity contribution in [2.24, 2.45) is 5.92 Å². The molecule has 0 unspecified atom stereocenters. The summed E-state index contributed by atoms with van der Waals surface area (Å²) in [6.07, 6.45) is 4.94. The summed E-state index contributed by atoms with van der Waals surface area (Å²) in [6.45, 7) is 4.28. The van der Waals surface area contributed by atoms with Gasteiger partial charge >= 0.3 is 0 Å². The standard InChI is InChI=1S/C19H19N5O2S2/c1-9-5-6-11-13(8-9)28-18-14(11)15(20)21-19(23-18)27-10(2)17-22-16(24-26-17)12-4-3-7-25-12/h3-4,7,9-10H,5-6,8H2,1-2H3,(H2,20,21,23)/t9-,10-/m1/s1. The summed E-state index contributed by atoms with van der Waals surface area (Å²) in [5.41, 5.74) is 7.67. The van der Waals surface area contributed by atoms with Crippen molar-refractivity contribution in [2.75, 3.05) is 5.73 Å². The highest BCUT2D eigenvalue weighted by molar-refractivity contribution is 7.99. The smallest absolute Gasteiger partial charge is 0.240 e. The fourth-order valence-corrected chi connectivity index (χ4v) is 5.77. The van der Waals surface area contributed by atoms with Crippen molar-refractivity contribution in [2.45, 2.75) is 43.5 Å². The summed E-state index contributed by atoms with van der Waals surface area (Å²) in [6, 6.07) is 3.58. The lowest BCUT2D eigenvalue weighted by atomic mass is 9.89. The molecule has 9 heteroatoms. The second-order valence-electron chi connectivity index (χ2n) is 7.12. The maximum absolute atomic E-state index is 6.32. The zero-order valence-electron chi connectivity index (χ0n) is 15.5. The van der Waals surface area contributed by atoms with Gasteiger partial charge in [0.1, 0.15) is 10.6 Å². The highest BCUT2D eigenvalue weighted by atomic mass is 32.2. The number of anilines is 1. The molecule has 0 saturated heterocycles. The van der Waals surface area contributed by atoms with Gasteiger partial charge < -0.3 is 14.7 Å². The molecule has 28 heavy (non-hydrogen) atoms. The van der Waals surface area contributed by atoms with E-state index in [0.29, 0.717) is 34.4 Å². The monoisotopic (exact) mass is 413 g/mol. The summed E-state index contributed by atoms with van der Waals surface area (Å²) in [5.74, 6) is 2.78. The molecular weight excluding hydrogens is 394 g/mol. The minimum absolute atomic E-state index is 0.109. The van der Waals surface area contributed by atoms with Gasteiger partial charge in [-0.25, -0.2) is 9.97 Å². The van der Waals surface area contributed by atoms with Crippen LogP contribution in [0.4, 0.5) is 5.82 Å². The normalized spacial score (nSPS) is 17.7. The Kier molecular flexibility index (Phi) is 4.36. The maximum atomic E-state index is 6.32. The highest BCUT2D eigenvalue weighted by Crippen LogP contribution is 2.41. The van der Waals surface area contributed by atoms with E-state index in [9.17, 15) is 0 Å². The summed E-state index contributed by atoms with van der Waals surface area (Å²) < 4.78 is 10.7.